The monoisotopic (exact) mass is 403 g/mol. The largest absolute Gasteiger partial charge is 0.484 e. The molecule has 0 bridgehead atoms. The van der Waals surface area contributed by atoms with E-state index in [0.29, 0.717) is 17.6 Å². The van der Waals surface area contributed by atoms with Gasteiger partial charge in [0, 0.05) is 36.5 Å². The van der Waals surface area contributed by atoms with Crippen LogP contribution in [-0.4, -0.2) is 41.7 Å². The molecule has 0 atom stereocenters. The summed E-state index contributed by atoms with van der Waals surface area (Å²) in [7, 11) is 0. The van der Waals surface area contributed by atoms with Gasteiger partial charge in [-0.3, -0.25) is 29.8 Å². The third-order valence-electron chi connectivity index (χ3n) is 3.71. The van der Waals surface area contributed by atoms with E-state index in [1.807, 2.05) is 0 Å². The van der Waals surface area contributed by atoms with Gasteiger partial charge >= 0.3 is 0 Å². The lowest BCUT2D eigenvalue weighted by Crippen LogP contribution is -2.32. The molecule has 152 valence electrons. The van der Waals surface area contributed by atoms with E-state index in [9.17, 15) is 29.8 Å². The number of non-ortho nitro benzene ring substituents is 1. The average molecular weight is 403 g/mol. The lowest BCUT2D eigenvalue weighted by Gasteiger charge is -2.10. The maximum atomic E-state index is 11.8. The summed E-state index contributed by atoms with van der Waals surface area (Å²) in [6, 6.07) is 7.62. The van der Waals surface area contributed by atoms with Gasteiger partial charge in [-0.15, -0.1) is 0 Å². The molecule has 0 fully saturated rings. The molecule has 0 aliphatic rings. The Morgan fingerprint density at radius 1 is 1.10 bits per heavy atom. The number of hydrogen-bond donors (Lipinski definition) is 3. The van der Waals surface area contributed by atoms with Crippen LogP contribution in [-0.2, 0) is 4.79 Å². The van der Waals surface area contributed by atoms with Crippen LogP contribution >= 0.6 is 0 Å². The normalized spacial score (nSPS) is 10.1. The minimum atomic E-state index is -0.733. The highest BCUT2D eigenvalue weighted by Crippen LogP contribution is 2.28. The predicted molar refractivity (Wildman–Crippen MR) is 103 cm³/mol. The van der Waals surface area contributed by atoms with Crippen LogP contribution in [0.15, 0.2) is 36.4 Å². The van der Waals surface area contributed by atoms with Crippen LogP contribution < -0.4 is 21.1 Å². The summed E-state index contributed by atoms with van der Waals surface area (Å²) in [6.07, 6.45) is 0.605. The molecule has 2 rings (SSSR count). The number of nitrogens with one attached hydrogen (secondary N) is 2. The maximum Gasteiger partial charge on any atom is 0.299 e. The number of rotatable bonds is 10. The number of ether oxygens (including phenoxy) is 1. The number of nitrogens with two attached hydrogens (primary N) is 1. The highest BCUT2D eigenvalue weighted by Gasteiger charge is 2.19. The molecule has 1 amide bonds. The minimum absolute atomic E-state index is 0.0943. The molecule has 29 heavy (non-hydrogen) atoms. The number of nitrogens with zero attached hydrogens (tertiary/aromatic N) is 2. The second-order valence-corrected chi connectivity index (χ2v) is 5.69. The summed E-state index contributed by atoms with van der Waals surface area (Å²) < 4.78 is 5.27. The van der Waals surface area contributed by atoms with Crippen molar-refractivity contribution in [1.82, 2.24) is 5.32 Å². The Morgan fingerprint density at radius 3 is 2.48 bits per heavy atom. The van der Waals surface area contributed by atoms with E-state index in [1.165, 1.54) is 24.3 Å². The zero-order valence-corrected chi connectivity index (χ0v) is 15.0. The van der Waals surface area contributed by atoms with E-state index in [4.69, 9.17) is 10.5 Å². The van der Waals surface area contributed by atoms with Gasteiger partial charge < -0.3 is 21.1 Å². The van der Waals surface area contributed by atoms with Crippen molar-refractivity contribution in [1.29, 1.82) is 0 Å². The number of carbonyl (C=O) groups is 2. The number of aldehydes is 1. The summed E-state index contributed by atoms with van der Waals surface area (Å²) in [5, 5.41) is 27.1. The van der Waals surface area contributed by atoms with Crippen molar-refractivity contribution in [2.45, 2.75) is 0 Å². The van der Waals surface area contributed by atoms with Crippen LogP contribution in [0.5, 0.6) is 5.75 Å². The SMILES string of the molecule is Nc1cc(OCC(=O)NCCNc2ccc([N+](=O)[O-])cc2[N+](=O)[O-])ccc1C=O. The molecule has 12 nitrogen and oxygen atoms in total. The zero-order valence-electron chi connectivity index (χ0n) is 15.0. The quantitative estimate of drug-likeness (QED) is 0.174. The number of anilines is 2. The molecule has 0 saturated carbocycles. The Bertz CT molecular complexity index is 948. The van der Waals surface area contributed by atoms with Crippen molar-refractivity contribution < 1.29 is 24.2 Å². The molecule has 0 radical (unpaired) electrons. The Balaban J connectivity index is 1.81. The number of nitro benzene ring substituents is 2. The lowest BCUT2D eigenvalue weighted by molar-refractivity contribution is -0.393. The van der Waals surface area contributed by atoms with Crippen LogP contribution in [0, 0.1) is 20.2 Å². The number of carbonyl (C=O) groups excluding carboxylic acids is 2. The van der Waals surface area contributed by atoms with Crippen molar-refractivity contribution in [2.75, 3.05) is 30.7 Å². The Kier molecular flexibility index (Phi) is 7.01. The van der Waals surface area contributed by atoms with Gasteiger partial charge in [-0.2, -0.15) is 0 Å². The first-order valence-corrected chi connectivity index (χ1v) is 8.22. The molecule has 2 aromatic carbocycles. The van der Waals surface area contributed by atoms with E-state index in [1.54, 1.807) is 0 Å². The number of nitrogen functional groups attached to an aromatic ring is 1. The molecule has 0 heterocycles. The Morgan fingerprint density at radius 2 is 1.86 bits per heavy atom. The average Bonchev–Trinajstić information content (AvgIpc) is 2.69. The van der Waals surface area contributed by atoms with E-state index in [0.717, 1.165) is 12.1 Å². The summed E-state index contributed by atoms with van der Waals surface area (Å²) in [5.74, 6) is -0.120. The van der Waals surface area contributed by atoms with Crippen molar-refractivity contribution in [3.63, 3.8) is 0 Å². The van der Waals surface area contributed by atoms with E-state index >= 15 is 0 Å². The first kappa shape index (κ1) is 21.1. The van der Waals surface area contributed by atoms with Crippen LogP contribution in [0.25, 0.3) is 0 Å². The number of nitro groups is 2. The van der Waals surface area contributed by atoms with Gasteiger partial charge in [0.1, 0.15) is 11.4 Å². The lowest BCUT2D eigenvalue weighted by atomic mass is 10.2. The number of hydrogen-bond acceptors (Lipinski definition) is 9. The molecule has 0 aliphatic heterocycles. The number of amides is 1. The second kappa shape index (κ2) is 9.64. The van der Waals surface area contributed by atoms with Gasteiger partial charge in [-0.25, -0.2) is 0 Å². The van der Waals surface area contributed by atoms with Gasteiger partial charge in [0.25, 0.3) is 17.3 Å². The first-order valence-electron chi connectivity index (χ1n) is 8.22. The van der Waals surface area contributed by atoms with Gasteiger partial charge in [0.2, 0.25) is 0 Å². The molecule has 0 aromatic heterocycles. The van der Waals surface area contributed by atoms with E-state index in [-0.39, 0.29) is 31.1 Å². The Hall–Kier alpha value is -4.22. The summed E-state index contributed by atoms with van der Waals surface area (Å²) in [6.45, 7) is -0.0223. The van der Waals surface area contributed by atoms with Crippen molar-refractivity contribution >= 4 is 34.9 Å². The number of benzene rings is 2. The fourth-order valence-corrected chi connectivity index (χ4v) is 2.28. The molecular formula is C17H17N5O7. The summed E-state index contributed by atoms with van der Waals surface area (Å²) >= 11 is 0. The Labute approximate surface area is 163 Å². The zero-order chi connectivity index (χ0) is 21.4. The second-order valence-electron chi connectivity index (χ2n) is 5.69. The first-order chi connectivity index (χ1) is 13.8. The fourth-order valence-electron chi connectivity index (χ4n) is 2.28. The van der Waals surface area contributed by atoms with Crippen molar-refractivity contribution in [2.24, 2.45) is 0 Å². The topological polar surface area (TPSA) is 180 Å². The van der Waals surface area contributed by atoms with Gasteiger partial charge in [0.15, 0.2) is 12.9 Å². The van der Waals surface area contributed by atoms with Crippen LogP contribution in [0.1, 0.15) is 10.4 Å². The molecule has 0 saturated heterocycles. The van der Waals surface area contributed by atoms with Gasteiger partial charge in [-0.1, -0.05) is 0 Å². The van der Waals surface area contributed by atoms with Crippen LogP contribution in [0.3, 0.4) is 0 Å². The standard InChI is InChI=1S/C17H17N5O7/c18-14-8-13(3-1-11(14)9-23)29-10-17(24)20-6-5-19-15-4-2-12(21(25)26)7-16(15)22(27)28/h1-4,7-9,19H,5-6,10,18H2,(H,20,24). The predicted octanol–water partition coefficient (Wildman–Crippen LogP) is 1.50. The van der Waals surface area contributed by atoms with Crippen LogP contribution in [0.4, 0.5) is 22.7 Å². The van der Waals surface area contributed by atoms with Gasteiger partial charge in [-0.05, 0) is 18.2 Å². The highest BCUT2D eigenvalue weighted by atomic mass is 16.6. The molecule has 0 aliphatic carbocycles. The third-order valence-corrected chi connectivity index (χ3v) is 3.71. The molecular weight excluding hydrogens is 386 g/mol. The van der Waals surface area contributed by atoms with Crippen molar-refractivity contribution in [3.8, 4) is 5.75 Å². The van der Waals surface area contributed by atoms with E-state index in [2.05, 4.69) is 10.6 Å². The summed E-state index contributed by atoms with van der Waals surface area (Å²) in [4.78, 5) is 42.8. The molecule has 0 unspecified atom stereocenters. The maximum absolute atomic E-state index is 11.8. The fraction of sp³-hybridized carbons (Fsp3) is 0.176. The van der Waals surface area contributed by atoms with Crippen molar-refractivity contribution in [3.05, 3.63) is 62.2 Å². The van der Waals surface area contributed by atoms with E-state index < -0.39 is 27.1 Å². The smallest absolute Gasteiger partial charge is 0.299 e. The molecule has 4 N–H and O–H groups in total. The molecule has 12 heteroatoms. The summed E-state index contributed by atoms with van der Waals surface area (Å²) in [5.41, 5.74) is 5.45. The molecule has 2 aromatic rings. The van der Waals surface area contributed by atoms with Crippen LogP contribution in [0.2, 0.25) is 0 Å². The highest BCUT2D eigenvalue weighted by molar-refractivity contribution is 5.83. The minimum Gasteiger partial charge on any atom is -0.484 e. The van der Waals surface area contributed by atoms with Gasteiger partial charge in [0.05, 0.1) is 15.9 Å². The third kappa shape index (κ3) is 5.89. The molecule has 0 spiro atoms.